The number of benzene rings is 1. The molecule has 0 bridgehead atoms. The standard InChI is InChI=1S/C21H26N4O4S/c1-14(13-27-3)28-20-12-16(29-15-5-7-17(30-4)8-6-15)11-18(24-20)21(26)25-19(22)9-10-23-2/h5-12,14,23H,13H2,1-4H3,(H2,22,25,26)/b10-9-. The van der Waals surface area contributed by atoms with Crippen molar-refractivity contribution in [2.45, 2.75) is 17.9 Å². The number of amidine groups is 1. The largest absolute Gasteiger partial charge is 0.472 e. The van der Waals surface area contributed by atoms with Gasteiger partial charge in [-0.15, -0.1) is 11.8 Å². The predicted octanol–water partition coefficient (Wildman–Crippen LogP) is 3.24. The van der Waals surface area contributed by atoms with Crippen molar-refractivity contribution in [1.82, 2.24) is 10.3 Å². The molecule has 0 radical (unpaired) electrons. The summed E-state index contributed by atoms with van der Waals surface area (Å²) < 4.78 is 16.7. The molecule has 30 heavy (non-hydrogen) atoms. The minimum atomic E-state index is -0.610. The van der Waals surface area contributed by atoms with E-state index in [2.05, 4.69) is 15.3 Å². The molecule has 1 heterocycles. The molecule has 9 heteroatoms. The number of methoxy groups -OCH3 is 1. The van der Waals surface area contributed by atoms with Crippen LogP contribution in [0.25, 0.3) is 0 Å². The SMILES string of the molecule is CN/C=C\C(N)=NC(=O)c1cc(Oc2ccc(SC)cc2)cc(OC(C)COC)n1. The number of hydrogen-bond donors (Lipinski definition) is 2. The van der Waals surface area contributed by atoms with Gasteiger partial charge in [0.25, 0.3) is 5.91 Å². The summed E-state index contributed by atoms with van der Waals surface area (Å²) in [6.45, 7) is 2.20. The molecule has 0 aliphatic heterocycles. The molecule has 1 aromatic carbocycles. The van der Waals surface area contributed by atoms with Gasteiger partial charge in [0.05, 0.1) is 6.61 Å². The van der Waals surface area contributed by atoms with E-state index in [4.69, 9.17) is 19.9 Å². The fraction of sp³-hybridized carbons (Fsp3) is 0.286. The Balaban J connectivity index is 2.33. The second-order valence-corrected chi connectivity index (χ2v) is 7.03. The number of amides is 1. The zero-order valence-electron chi connectivity index (χ0n) is 17.4. The topological polar surface area (TPSA) is 108 Å². The highest BCUT2D eigenvalue weighted by Gasteiger charge is 2.14. The minimum absolute atomic E-state index is 0.0466. The van der Waals surface area contributed by atoms with Gasteiger partial charge in [-0.2, -0.15) is 4.99 Å². The highest BCUT2D eigenvalue weighted by Crippen LogP contribution is 2.28. The number of ether oxygens (including phenoxy) is 3. The molecular formula is C21H26N4O4S. The van der Waals surface area contributed by atoms with Crippen LogP contribution in [0.1, 0.15) is 17.4 Å². The van der Waals surface area contributed by atoms with Crippen LogP contribution in [0.4, 0.5) is 0 Å². The van der Waals surface area contributed by atoms with Gasteiger partial charge < -0.3 is 25.3 Å². The van der Waals surface area contributed by atoms with Gasteiger partial charge in [-0.05, 0) is 49.7 Å². The van der Waals surface area contributed by atoms with E-state index in [1.165, 1.54) is 12.1 Å². The second kappa shape index (κ2) is 11.8. The van der Waals surface area contributed by atoms with Crippen molar-refractivity contribution in [1.29, 1.82) is 0 Å². The second-order valence-electron chi connectivity index (χ2n) is 6.15. The number of carbonyl (C=O) groups is 1. The lowest BCUT2D eigenvalue weighted by Crippen LogP contribution is -2.19. The van der Waals surface area contributed by atoms with E-state index in [9.17, 15) is 4.79 Å². The molecule has 2 rings (SSSR count). The Hall–Kier alpha value is -3.04. The van der Waals surface area contributed by atoms with Crippen molar-refractivity contribution in [3.05, 3.63) is 54.4 Å². The number of rotatable bonds is 10. The van der Waals surface area contributed by atoms with Gasteiger partial charge in [-0.3, -0.25) is 4.79 Å². The van der Waals surface area contributed by atoms with E-state index in [1.54, 1.807) is 38.2 Å². The van der Waals surface area contributed by atoms with Gasteiger partial charge in [-0.25, -0.2) is 4.98 Å². The van der Waals surface area contributed by atoms with E-state index in [0.29, 0.717) is 18.1 Å². The molecule has 160 valence electrons. The van der Waals surface area contributed by atoms with Crippen LogP contribution in [0.3, 0.4) is 0 Å². The van der Waals surface area contributed by atoms with Gasteiger partial charge in [0.1, 0.15) is 29.1 Å². The Morgan fingerprint density at radius 2 is 2.03 bits per heavy atom. The normalized spacial score (nSPS) is 12.6. The van der Waals surface area contributed by atoms with Gasteiger partial charge in [0.15, 0.2) is 0 Å². The third-order valence-electron chi connectivity index (χ3n) is 3.66. The molecule has 1 amide bonds. The summed E-state index contributed by atoms with van der Waals surface area (Å²) >= 11 is 1.64. The number of nitrogens with two attached hydrogens (primary N) is 1. The number of pyridine rings is 1. The van der Waals surface area contributed by atoms with Crippen molar-refractivity contribution in [3.8, 4) is 17.4 Å². The number of hydrogen-bond acceptors (Lipinski definition) is 7. The number of aliphatic imine (C=N–C) groups is 1. The van der Waals surface area contributed by atoms with E-state index < -0.39 is 5.91 Å². The van der Waals surface area contributed by atoms with Crippen molar-refractivity contribution in [2.75, 3.05) is 27.0 Å². The zero-order valence-corrected chi connectivity index (χ0v) is 18.2. The van der Waals surface area contributed by atoms with E-state index in [0.717, 1.165) is 4.90 Å². The molecule has 8 nitrogen and oxygen atoms in total. The third-order valence-corrected chi connectivity index (χ3v) is 4.41. The summed E-state index contributed by atoms with van der Waals surface area (Å²) in [6.07, 6.45) is 4.77. The quantitative estimate of drug-likeness (QED) is 0.336. The maximum Gasteiger partial charge on any atom is 0.297 e. The van der Waals surface area contributed by atoms with Gasteiger partial charge >= 0.3 is 0 Å². The van der Waals surface area contributed by atoms with Gasteiger partial charge in [-0.1, -0.05) is 0 Å². The number of nitrogens with one attached hydrogen (secondary N) is 1. The average molecular weight is 431 g/mol. The van der Waals surface area contributed by atoms with Crippen LogP contribution in [0.15, 0.2) is 58.6 Å². The first-order valence-electron chi connectivity index (χ1n) is 9.17. The molecule has 0 aliphatic carbocycles. The highest BCUT2D eigenvalue weighted by atomic mass is 32.2. The van der Waals surface area contributed by atoms with Crippen molar-refractivity contribution < 1.29 is 19.0 Å². The van der Waals surface area contributed by atoms with Crippen LogP contribution in [0.5, 0.6) is 17.4 Å². The Morgan fingerprint density at radius 3 is 2.67 bits per heavy atom. The summed E-state index contributed by atoms with van der Waals surface area (Å²) in [4.78, 5) is 21.7. The molecule has 1 unspecified atom stereocenters. The third kappa shape index (κ3) is 7.41. The van der Waals surface area contributed by atoms with Crippen molar-refractivity contribution in [3.63, 3.8) is 0 Å². The summed E-state index contributed by atoms with van der Waals surface area (Å²) in [5.74, 6) is 0.671. The Kier molecular flexibility index (Phi) is 9.17. The van der Waals surface area contributed by atoms with Gasteiger partial charge in [0, 0.05) is 31.2 Å². The van der Waals surface area contributed by atoms with Crippen LogP contribution >= 0.6 is 11.8 Å². The number of nitrogens with zero attached hydrogens (tertiary/aromatic N) is 2. The minimum Gasteiger partial charge on any atom is -0.472 e. The molecule has 0 aliphatic rings. The molecule has 1 aromatic heterocycles. The molecule has 2 aromatic rings. The Morgan fingerprint density at radius 1 is 1.30 bits per heavy atom. The van der Waals surface area contributed by atoms with Crippen LogP contribution in [0.2, 0.25) is 0 Å². The van der Waals surface area contributed by atoms with E-state index >= 15 is 0 Å². The molecular weight excluding hydrogens is 404 g/mol. The molecule has 0 saturated carbocycles. The smallest absolute Gasteiger partial charge is 0.297 e. The lowest BCUT2D eigenvalue weighted by atomic mass is 10.3. The first-order valence-corrected chi connectivity index (χ1v) is 10.4. The summed E-state index contributed by atoms with van der Waals surface area (Å²) in [5, 5.41) is 2.78. The Labute approximate surface area is 180 Å². The maximum absolute atomic E-state index is 12.5. The van der Waals surface area contributed by atoms with Crippen LogP contribution < -0.4 is 20.5 Å². The van der Waals surface area contributed by atoms with E-state index in [1.807, 2.05) is 37.4 Å². The number of thioether (sulfide) groups is 1. The first-order chi connectivity index (χ1) is 14.4. The summed E-state index contributed by atoms with van der Waals surface area (Å²) in [6, 6.07) is 10.7. The lowest BCUT2D eigenvalue weighted by molar-refractivity contribution is 0.0879. The van der Waals surface area contributed by atoms with Crippen LogP contribution in [-0.4, -0.2) is 49.9 Å². The van der Waals surface area contributed by atoms with Crippen molar-refractivity contribution in [2.24, 2.45) is 10.7 Å². The predicted molar refractivity (Wildman–Crippen MR) is 119 cm³/mol. The summed E-state index contributed by atoms with van der Waals surface area (Å²) in [7, 11) is 3.29. The monoisotopic (exact) mass is 430 g/mol. The zero-order chi connectivity index (χ0) is 21.9. The molecule has 0 fully saturated rings. The number of carbonyl (C=O) groups excluding carboxylic acids is 1. The lowest BCUT2D eigenvalue weighted by Gasteiger charge is -2.15. The molecule has 0 spiro atoms. The maximum atomic E-state index is 12.5. The van der Waals surface area contributed by atoms with Gasteiger partial charge in [0.2, 0.25) is 5.88 Å². The van der Waals surface area contributed by atoms with Crippen LogP contribution in [-0.2, 0) is 4.74 Å². The Bertz CT molecular complexity index is 900. The molecule has 3 N–H and O–H groups in total. The first kappa shape index (κ1) is 23.2. The van der Waals surface area contributed by atoms with Crippen molar-refractivity contribution >= 4 is 23.5 Å². The summed E-state index contributed by atoms with van der Waals surface area (Å²) in [5.41, 5.74) is 5.79. The number of aromatic nitrogens is 1. The molecule has 0 saturated heterocycles. The highest BCUT2D eigenvalue weighted by molar-refractivity contribution is 7.98. The average Bonchev–Trinajstić information content (AvgIpc) is 2.72. The fourth-order valence-electron chi connectivity index (χ4n) is 2.35. The molecule has 1 atom stereocenters. The van der Waals surface area contributed by atoms with Crippen LogP contribution in [0, 0.1) is 0 Å². The van der Waals surface area contributed by atoms with E-state index in [-0.39, 0.29) is 23.5 Å². The fourth-order valence-corrected chi connectivity index (χ4v) is 2.75.